The zero-order valence-corrected chi connectivity index (χ0v) is 17.2. The van der Waals surface area contributed by atoms with E-state index in [9.17, 15) is 9.59 Å². The smallest absolute Gasteiger partial charge is 0.265 e. The molecule has 0 aromatic heterocycles. The van der Waals surface area contributed by atoms with E-state index in [0.29, 0.717) is 23.5 Å². The van der Waals surface area contributed by atoms with E-state index < -0.39 is 6.10 Å². The lowest BCUT2D eigenvalue weighted by atomic mass is 10.1. The van der Waals surface area contributed by atoms with E-state index in [-0.39, 0.29) is 11.8 Å². The van der Waals surface area contributed by atoms with Gasteiger partial charge in [-0.1, -0.05) is 61.5 Å². The molecule has 1 atom stereocenters. The van der Waals surface area contributed by atoms with E-state index in [1.807, 2.05) is 54.6 Å². The van der Waals surface area contributed by atoms with Gasteiger partial charge in [-0.3, -0.25) is 9.59 Å². The number of hydrogen-bond acceptors (Lipinski definition) is 3. The summed E-state index contributed by atoms with van der Waals surface area (Å²) in [5.41, 5.74) is 3.31. The summed E-state index contributed by atoms with van der Waals surface area (Å²) in [5, 5.41) is 5.73. The molecular formula is C25H26N2O3. The topological polar surface area (TPSA) is 67.4 Å². The normalized spacial score (nSPS) is 11.4. The molecule has 5 heteroatoms. The first kappa shape index (κ1) is 21.1. The average Bonchev–Trinajstić information content (AvgIpc) is 2.79. The van der Waals surface area contributed by atoms with Crippen LogP contribution < -0.4 is 15.4 Å². The Kier molecular flexibility index (Phi) is 7.22. The minimum absolute atomic E-state index is 0.253. The highest BCUT2D eigenvalue weighted by atomic mass is 16.5. The van der Waals surface area contributed by atoms with E-state index in [1.165, 1.54) is 5.56 Å². The van der Waals surface area contributed by atoms with Gasteiger partial charge in [-0.15, -0.1) is 0 Å². The molecule has 0 aliphatic rings. The van der Waals surface area contributed by atoms with Crippen LogP contribution in [-0.2, 0) is 17.8 Å². The van der Waals surface area contributed by atoms with Gasteiger partial charge in [0.15, 0.2) is 6.10 Å². The molecule has 0 saturated heterocycles. The van der Waals surface area contributed by atoms with E-state index in [4.69, 9.17) is 4.74 Å². The van der Waals surface area contributed by atoms with Gasteiger partial charge in [0.2, 0.25) is 0 Å². The predicted molar refractivity (Wildman–Crippen MR) is 119 cm³/mol. The standard InChI is InChI=1S/C25H26N2O3/c1-3-19-13-15-21(16-14-19)27-24(28)18(2)30-23-12-8-7-11-22(23)25(29)26-17-20-9-5-4-6-10-20/h4-16,18H,3,17H2,1-2H3,(H,26,29)(H,27,28)/t18-/m0/s1. The molecular weight excluding hydrogens is 376 g/mol. The molecule has 5 nitrogen and oxygen atoms in total. The summed E-state index contributed by atoms with van der Waals surface area (Å²) < 4.78 is 5.82. The van der Waals surface area contributed by atoms with Gasteiger partial charge in [0.1, 0.15) is 5.75 Å². The lowest BCUT2D eigenvalue weighted by molar-refractivity contribution is -0.122. The van der Waals surface area contributed by atoms with Crippen molar-refractivity contribution >= 4 is 17.5 Å². The van der Waals surface area contributed by atoms with Crippen LogP contribution in [0.25, 0.3) is 0 Å². The third kappa shape index (κ3) is 5.70. The Morgan fingerprint density at radius 1 is 0.867 bits per heavy atom. The van der Waals surface area contributed by atoms with Crippen LogP contribution in [0.2, 0.25) is 0 Å². The summed E-state index contributed by atoms with van der Waals surface area (Å²) in [6.07, 6.45) is 0.176. The molecule has 154 valence electrons. The third-order valence-corrected chi connectivity index (χ3v) is 4.73. The Balaban J connectivity index is 1.62. The quantitative estimate of drug-likeness (QED) is 0.579. The van der Waals surface area contributed by atoms with Crippen LogP contribution in [-0.4, -0.2) is 17.9 Å². The van der Waals surface area contributed by atoms with Gasteiger partial charge >= 0.3 is 0 Å². The number of hydrogen-bond donors (Lipinski definition) is 2. The van der Waals surface area contributed by atoms with E-state index in [1.54, 1.807) is 31.2 Å². The zero-order valence-electron chi connectivity index (χ0n) is 17.2. The van der Waals surface area contributed by atoms with Crippen molar-refractivity contribution < 1.29 is 14.3 Å². The molecule has 2 N–H and O–H groups in total. The first-order valence-corrected chi connectivity index (χ1v) is 10.0. The lowest BCUT2D eigenvalue weighted by Gasteiger charge is -2.17. The van der Waals surface area contributed by atoms with Crippen molar-refractivity contribution in [2.24, 2.45) is 0 Å². The summed E-state index contributed by atoms with van der Waals surface area (Å²) in [6, 6.07) is 24.3. The molecule has 0 radical (unpaired) electrons. The van der Waals surface area contributed by atoms with Crippen molar-refractivity contribution in [1.29, 1.82) is 0 Å². The maximum atomic E-state index is 12.6. The third-order valence-electron chi connectivity index (χ3n) is 4.73. The Morgan fingerprint density at radius 2 is 1.53 bits per heavy atom. The fraction of sp³-hybridized carbons (Fsp3) is 0.200. The minimum atomic E-state index is -0.765. The molecule has 0 aliphatic carbocycles. The first-order valence-electron chi connectivity index (χ1n) is 10.0. The lowest BCUT2D eigenvalue weighted by Crippen LogP contribution is -2.31. The van der Waals surface area contributed by atoms with Gasteiger partial charge < -0.3 is 15.4 Å². The summed E-state index contributed by atoms with van der Waals surface area (Å²) in [4.78, 5) is 25.2. The molecule has 30 heavy (non-hydrogen) atoms. The Labute approximate surface area is 177 Å². The number of amides is 2. The van der Waals surface area contributed by atoms with Crippen LogP contribution in [0.1, 0.15) is 35.3 Å². The van der Waals surface area contributed by atoms with Gasteiger partial charge in [-0.25, -0.2) is 0 Å². The molecule has 0 fully saturated rings. The van der Waals surface area contributed by atoms with Gasteiger partial charge in [-0.05, 0) is 48.7 Å². The van der Waals surface area contributed by atoms with E-state index in [2.05, 4.69) is 17.6 Å². The van der Waals surface area contributed by atoms with Gasteiger partial charge in [0.05, 0.1) is 5.56 Å². The number of ether oxygens (including phenoxy) is 1. The van der Waals surface area contributed by atoms with Crippen LogP contribution in [0.3, 0.4) is 0 Å². The highest BCUT2D eigenvalue weighted by Gasteiger charge is 2.19. The highest BCUT2D eigenvalue weighted by molar-refractivity contribution is 5.97. The molecule has 3 aromatic carbocycles. The first-order chi connectivity index (χ1) is 14.6. The fourth-order valence-electron chi connectivity index (χ4n) is 2.94. The Hall–Kier alpha value is -3.60. The van der Waals surface area contributed by atoms with Crippen molar-refractivity contribution in [3.05, 3.63) is 95.6 Å². The van der Waals surface area contributed by atoms with Crippen LogP contribution in [0.5, 0.6) is 5.75 Å². The maximum absolute atomic E-state index is 12.6. The molecule has 3 aromatic rings. The molecule has 0 spiro atoms. The molecule has 2 amide bonds. The van der Waals surface area contributed by atoms with Gasteiger partial charge in [0, 0.05) is 12.2 Å². The van der Waals surface area contributed by atoms with E-state index in [0.717, 1.165) is 12.0 Å². The predicted octanol–water partition coefficient (Wildman–Crippen LogP) is 4.59. The number of para-hydroxylation sites is 1. The molecule has 3 rings (SSSR count). The second kappa shape index (κ2) is 10.3. The summed E-state index contributed by atoms with van der Waals surface area (Å²) in [6.45, 7) is 4.16. The number of nitrogens with one attached hydrogen (secondary N) is 2. The number of aryl methyl sites for hydroxylation is 1. The second-order valence-corrected chi connectivity index (χ2v) is 6.96. The molecule has 0 saturated carbocycles. The van der Waals surface area contributed by atoms with E-state index >= 15 is 0 Å². The van der Waals surface area contributed by atoms with Crippen LogP contribution in [0.4, 0.5) is 5.69 Å². The van der Waals surface area contributed by atoms with Gasteiger partial charge in [0.25, 0.3) is 11.8 Å². The summed E-state index contributed by atoms with van der Waals surface area (Å²) in [7, 11) is 0. The minimum Gasteiger partial charge on any atom is -0.480 e. The Morgan fingerprint density at radius 3 is 2.23 bits per heavy atom. The number of rotatable bonds is 8. The number of anilines is 1. The number of carbonyl (C=O) groups excluding carboxylic acids is 2. The molecule has 0 heterocycles. The van der Waals surface area contributed by atoms with Crippen molar-refractivity contribution in [1.82, 2.24) is 5.32 Å². The van der Waals surface area contributed by atoms with Crippen LogP contribution >= 0.6 is 0 Å². The Bertz CT molecular complexity index is 985. The molecule has 0 bridgehead atoms. The van der Waals surface area contributed by atoms with Crippen molar-refractivity contribution in [2.45, 2.75) is 32.9 Å². The van der Waals surface area contributed by atoms with Crippen LogP contribution in [0.15, 0.2) is 78.9 Å². The van der Waals surface area contributed by atoms with Crippen molar-refractivity contribution in [3.63, 3.8) is 0 Å². The van der Waals surface area contributed by atoms with Crippen molar-refractivity contribution in [2.75, 3.05) is 5.32 Å². The fourth-order valence-corrected chi connectivity index (χ4v) is 2.94. The maximum Gasteiger partial charge on any atom is 0.265 e. The number of carbonyl (C=O) groups is 2. The average molecular weight is 402 g/mol. The highest BCUT2D eigenvalue weighted by Crippen LogP contribution is 2.20. The summed E-state index contributed by atoms with van der Waals surface area (Å²) >= 11 is 0. The SMILES string of the molecule is CCc1ccc(NC(=O)[C@H](C)Oc2ccccc2C(=O)NCc2ccccc2)cc1. The van der Waals surface area contributed by atoms with Gasteiger partial charge in [-0.2, -0.15) is 0 Å². The molecule has 0 unspecified atom stereocenters. The zero-order chi connectivity index (χ0) is 21.3. The molecule has 0 aliphatic heterocycles. The van der Waals surface area contributed by atoms with Crippen LogP contribution in [0, 0.1) is 0 Å². The monoisotopic (exact) mass is 402 g/mol. The largest absolute Gasteiger partial charge is 0.480 e. The van der Waals surface area contributed by atoms with Crippen molar-refractivity contribution in [3.8, 4) is 5.75 Å². The number of benzene rings is 3. The summed E-state index contributed by atoms with van der Waals surface area (Å²) in [5.74, 6) is -0.164. The second-order valence-electron chi connectivity index (χ2n) is 6.96.